The van der Waals surface area contributed by atoms with Gasteiger partial charge in [-0.05, 0) is 19.8 Å². The lowest BCUT2D eigenvalue weighted by atomic mass is 9.96. The molecule has 1 unspecified atom stereocenters. The van der Waals surface area contributed by atoms with Gasteiger partial charge in [0.1, 0.15) is 18.1 Å². The van der Waals surface area contributed by atoms with Gasteiger partial charge in [-0.15, -0.1) is 11.3 Å². The van der Waals surface area contributed by atoms with E-state index in [1.54, 1.807) is 17.0 Å². The monoisotopic (exact) mass is 372 g/mol. The van der Waals surface area contributed by atoms with Crippen molar-refractivity contribution in [2.24, 2.45) is 5.73 Å². The van der Waals surface area contributed by atoms with Gasteiger partial charge in [-0.1, -0.05) is 0 Å². The van der Waals surface area contributed by atoms with Crippen LogP contribution in [0.4, 0.5) is 0 Å². The first-order valence-electron chi connectivity index (χ1n) is 8.55. The summed E-state index contributed by atoms with van der Waals surface area (Å²) in [5.74, 6) is 0.495. The minimum atomic E-state index is -0.400. The second-order valence-corrected chi connectivity index (χ2v) is 7.44. The fourth-order valence-electron chi connectivity index (χ4n) is 3.66. The molecule has 3 aromatic rings. The summed E-state index contributed by atoms with van der Waals surface area (Å²) in [5, 5.41) is 1.93. The van der Waals surface area contributed by atoms with E-state index >= 15 is 0 Å². The highest BCUT2D eigenvalue weighted by Crippen LogP contribution is 2.28. The average Bonchev–Trinajstić information content (AvgIpc) is 3.30. The first-order chi connectivity index (χ1) is 12.5. The summed E-state index contributed by atoms with van der Waals surface area (Å²) in [6.07, 6.45) is 7.14. The van der Waals surface area contributed by atoms with Crippen LogP contribution in [0.15, 0.2) is 24.0 Å². The zero-order valence-electron chi connectivity index (χ0n) is 14.5. The summed E-state index contributed by atoms with van der Waals surface area (Å²) in [5.41, 5.74) is 6.70. The SMILES string of the molecule is Cc1nc2sccn2c1C(=O)N1CCCC(c2nccn2CC(N)=O)C1. The Morgan fingerprint density at radius 3 is 3.04 bits per heavy atom. The van der Waals surface area contributed by atoms with Crippen molar-refractivity contribution in [2.45, 2.75) is 32.2 Å². The number of nitrogens with two attached hydrogens (primary N) is 1. The molecule has 136 valence electrons. The standard InChI is InChI=1S/C17H20N6O2S/c1-11-14(23-7-8-26-17(23)20-11)16(25)22-5-2-3-12(9-22)15-19-4-6-21(15)10-13(18)24/h4,6-8,12H,2-3,5,9-10H2,1H3,(H2,18,24). The molecule has 0 aromatic carbocycles. The molecule has 1 aliphatic heterocycles. The molecule has 1 atom stereocenters. The number of likely N-dealkylation sites (tertiary alicyclic amines) is 1. The number of imidazole rings is 2. The molecular formula is C17H20N6O2S. The van der Waals surface area contributed by atoms with Gasteiger partial charge in [0.15, 0.2) is 4.96 Å². The molecule has 26 heavy (non-hydrogen) atoms. The van der Waals surface area contributed by atoms with E-state index in [1.807, 2.05) is 27.8 Å². The highest BCUT2D eigenvalue weighted by Gasteiger charge is 2.30. The van der Waals surface area contributed by atoms with Crippen molar-refractivity contribution < 1.29 is 9.59 Å². The Morgan fingerprint density at radius 1 is 1.38 bits per heavy atom. The highest BCUT2D eigenvalue weighted by atomic mass is 32.1. The Bertz CT molecular complexity index is 971. The largest absolute Gasteiger partial charge is 0.368 e. The molecule has 8 nitrogen and oxygen atoms in total. The quantitative estimate of drug-likeness (QED) is 0.748. The molecular weight excluding hydrogens is 352 g/mol. The average molecular weight is 372 g/mol. The normalized spacial score (nSPS) is 17.7. The Hall–Kier alpha value is -2.68. The van der Waals surface area contributed by atoms with E-state index in [1.165, 1.54) is 11.3 Å². The van der Waals surface area contributed by atoms with Crippen molar-refractivity contribution in [1.82, 2.24) is 23.8 Å². The minimum Gasteiger partial charge on any atom is -0.368 e. The molecule has 0 saturated carbocycles. The maximum atomic E-state index is 13.1. The van der Waals surface area contributed by atoms with Crippen LogP contribution >= 0.6 is 11.3 Å². The number of primary amides is 1. The van der Waals surface area contributed by atoms with E-state index in [-0.39, 0.29) is 18.4 Å². The molecule has 1 fully saturated rings. The lowest BCUT2D eigenvalue weighted by Crippen LogP contribution is -2.40. The number of fused-ring (bicyclic) bond motifs is 1. The van der Waals surface area contributed by atoms with Crippen LogP contribution in [-0.4, -0.2) is 48.7 Å². The zero-order chi connectivity index (χ0) is 18.3. The number of hydrogen-bond acceptors (Lipinski definition) is 5. The third-order valence-electron chi connectivity index (χ3n) is 4.79. The van der Waals surface area contributed by atoms with Crippen molar-refractivity contribution in [3.63, 3.8) is 0 Å². The van der Waals surface area contributed by atoms with E-state index in [0.717, 1.165) is 29.3 Å². The molecule has 2 N–H and O–H groups in total. The molecule has 4 heterocycles. The fourth-order valence-corrected chi connectivity index (χ4v) is 4.42. The number of thiazole rings is 1. The number of aromatic nitrogens is 4. The molecule has 1 aliphatic rings. The molecule has 3 aromatic heterocycles. The van der Waals surface area contributed by atoms with Gasteiger partial charge in [0, 0.05) is 43.0 Å². The van der Waals surface area contributed by atoms with E-state index in [2.05, 4.69) is 9.97 Å². The Morgan fingerprint density at radius 2 is 2.23 bits per heavy atom. The molecule has 2 amide bonds. The number of rotatable bonds is 4. The topological polar surface area (TPSA) is 98.5 Å². The van der Waals surface area contributed by atoms with E-state index in [9.17, 15) is 9.59 Å². The van der Waals surface area contributed by atoms with Crippen molar-refractivity contribution in [1.29, 1.82) is 0 Å². The van der Waals surface area contributed by atoms with Crippen LogP contribution in [0.1, 0.15) is 40.8 Å². The number of aryl methyl sites for hydroxylation is 1. The second-order valence-electron chi connectivity index (χ2n) is 6.57. The Labute approximate surface area is 154 Å². The van der Waals surface area contributed by atoms with Gasteiger partial charge in [-0.2, -0.15) is 0 Å². The number of carbonyl (C=O) groups is 2. The van der Waals surface area contributed by atoms with Gasteiger partial charge in [0.25, 0.3) is 5.91 Å². The van der Waals surface area contributed by atoms with Gasteiger partial charge >= 0.3 is 0 Å². The zero-order valence-corrected chi connectivity index (χ0v) is 15.3. The summed E-state index contributed by atoms with van der Waals surface area (Å²) in [6.45, 7) is 3.26. The van der Waals surface area contributed by atoms with E-state index in [0.29, 0.717) is 18.8 Å². The van der Waals surface area contributed by atoms with Crippen LogP contribution in [-0.2, 0) is 11.3 Å². The molecule has 1 saturated heterocycles. The summed E-state index contributed by atoms with van der Waals surface area (Å²) < 4.78 is 3.64. The van der Waals surface area contributed by atoms with Crippen molar-refractivity contribution in [2.75, 3.05) is 13.1 Å². The van der Waals surface area contributed by atoms with E-state index in [4.69, 9.17) is 5.73 Å². The molecule has 0 spiro atoms. The number of nitrogens with zero attached hydrogens (tertiary/aromatic N) is 5. The maximum Gasteiger partial charge on any atom is 0.272 e. The summed E-state index contributed by atoms with van der Waals surface area (Å²) in [4.78, 5) is 36.0. The fraction of sp³-hybridized carbons (Fsp3) is 0.412. The number of carbonyl (C=O) groups excluding carboxylic acids is 2. The van der Waals surface area contributed by atoms with Crippen molar-refractivity contribution >= 4 is 28.1 Å². The van der Waals surface area contributed by atoms with Crippen LogP contribution < -0.4 is 5.73 Å². The van der Waals surface area contributed by atoms with Crippen LogP contribution in [0.25, 0.3) is 4.96 Å². The number of hydrogen-bond donors (Lipinski definition) is 1. The molecule has 0 aliphatic carbocycles. The molecule has 9 heteroatoms. The third kappa shape index (κ3) is 2.88. The Kier molecular flexibility index (Phi) is 4.23. The first-order valence-corrected chi connectivity index (χ1v) is 9.43. The highest BCUT2D eigenvalue weighted by molar-refractivity contribution is 7.15. The predicted molar refractivity (Wildman–Crippen MR) is 97.1 cm³/mol. The van der Waals surface area contributed by atoms with Crippen LogP contribution in [0.3, 0.4) is 0 Å². The second kappa shape index (κ2) is 6.56. The lowest BCUT2D eigenvalue weighted by molar-refractivity contribution is -0.118. The van der Waals surface area contributed by atoms with Gasteiger partial charge in [0.05, 0.1) is 5.69 Å². The predicted octanol–water partition coefficient (Wildman–Crippen LogP) is 1.41. The smallest absolute Gasteiger partial charge is 0.272 e. The number of piperidine rings is 1. The first kappa shape index (κ1) is 16.8. The summed E-state index contributed by atoms with van der Waals surface area (Å²) in [6, 6.07) is 0. The molecule has 0 radical (unpaired) electrons. The van der Waals surface area contributed by atoms with Gasteiger partial charge in [-0.25, -0.2) is 9.97 Å². The van der Waals surface area contributed by atoms with Crippen LogP contribution in [0.2, 0.25) is 0 Å². The lowest BCUT2D eigenvalue weighted by Gasteiger charge is -2.32. The van der Waals surface area contributed by atoms with Gasteiger partial charge in [0.2, 0.25) is 5.91 Å². The van der Waals surface area contributed by atoms with Gasteiger partial charge in [-0.3, -0.25) is 14.0 Å². The van der Waals surface area contributed by atoms with Gasteiger partial charge < -0.3 is 15.2 Å². The maximum absolute atomic E-state index is 13.1. The van der Waals surface area contributed by atoms with E-state index < -0.39 is 5.91 Å². The third-order valence-corrected chi connectivity index (χ3v) is 5.54. The Balaban J connectivity index is 1.58. The van der Waals surface area contributed by atoms with Crippen LogP contribution in [0.5, 0.6) is 0 Å². The summed E-state index contributed by atoms with van der Waals surface area (Å²) in [7, 11) is 0. The molecule has 0 bridgehead atoms. The minimum absolute atomic E-state index is 0.00823. The van der Waals surface area contributed by atoms with Crippen LogP contribution in [0, 0.1) is 6.92 Å². The van der Waals surface area contributed by atoms with Crippen molar-refractivity contribution in [3.8, 4) is 0 Å². The van der Waals surface area contributed by atoms with Crippen molar-refractivity contribution in [3.05, 3.63) is 41.2 Å². The molecule has 4 rings (SSSR count). The number of amides is 2. The summed E-state index contributed by atoms with van der Waals surface area (Å²) >= 11 is 1.52.